The van der Waals surface area contributed by atoms with Crippen molar-refractivity contribution in [2.24, 2.45) is 11.8 Å². The molecule has 0 atom stereocenters. The maximum absolute atomic E-state index is 2.58. The van der Waals surface area contributed by atoms with Gasteiger partial charge in [-0.25, -0.2) is 0 Å². The second-order valence-electron chi connectivity index (χ2n) is 5.79. The summed E-state index contributed by atoms with van der Waals surface area (Å²) in [6.45, 7) is 0. The molecule has 0 bridgehead atoms. The first-order valence-corrected chi connectivity index (χ1v) is 7.17. The van der Waals surface area contributed by atoms with Crippen LogP contribution >= 0.6 is 0 Å². The Kier molecular flexibility index (Phi) is 3.17. The largest absolute Gasteiger partial charge is 0.0834 e. The van der Waals surface area contributed by atoms with Crippen molar-refractivity contribution in [1.29, 1.82) is 0 Å². The molecule has 0 N–H and O–H groups in total. The van der Waals surface area contributed by atoms with E-state index in [0.717, 1.165) is 11.8 Å². The topological polar surface area (TPSA) is 0 Å². The number of allylic oxidation sites excluding steroid dienone is 4. The summed E-state index contributed by atoms with van der Waals surface area (Å²) in [6.07, 6.45) is 20.3. The van der Waals surface area contributed by atoms with E-state index in [1.807, 2.05) is 0 Å². The minimum absolute atomic E-state index is 0.896. The van der Waals surface area contributed by atoms with Gasteiger partial charge in [-0.05, 0) is 49.5 Å². The fourth-order valence-electron chi connectivity index (χ4n) is 3.75. The zero-order valence-corrected chi connectivity index (χ0v) is 10.3. The Labute approximate surface area is 99.8 Å². The molecule has 2 saturated carbocycles. The van der Waals surface area contributed by atoms with Gasteiger partial charge in [-0.2, -0.15) is 0 Å². The maximum atomic E-state index is 2.58. The lowest BCUT2D eigenvalue weighted by atomic mass is 9.81. The molecule has 0 heterocycles. The van der Waals surface area contributed by atoms with Gasteiger partial charge in [0.05, 0.1) is 0 Å². The van der Waals surface area contributed by atoms with Crippen LogP contribution in [0.4, 0.5) is 0 Å². The zero-order chi connectivity index (χ0) is 10.8. The third-order valence-corrected chi connectivity index (χ3v) is 4.72. The van der Waals surface area contributed by atoms with Gasteiger partial charge in [-0.3, -0.25) is 0 Å². The lowest BCUT2D eigenvalue weighted by Gasteiger charge is -2.24. The van der Waals surface area contributed by atoms with E-state index in [9.17, 15) is 0 Å². The van der Waals surface area contributed by atoms with E-state index in [1.54, 1.807) is 11.5 Å². The van der Waals surface area contributed by atoms with Crippen LogP contribution in [0, 0.1) is 17.8 Å². The molecule has 0 heteroatoms. The maximum Gasteiger partial charge on any atom is 0.00472 e. The lowest BCUT2D eigenvalue weighted by molar-refractivity contribution is 0.562. The third kappa shape index (κ3) is 2.12. The first-order chi connectivity index (χ1) is 7.93. The molecule has 0 amide bonds. The van der Waals surface area contributed by atoms with Crippen molar-refractivity contribution >= 4 is 0 Å². The second-order valence-corrected chi connectivity index (χ2v) is 5.79. The molecular formula is C16H23. The minimum Gasteiger partial charge on any atom is -0.0834 e. The van der Waals surface area contributed by atoms with E-state index >= 15 is 0 Å². The molecule has 0 unspecified atom stereocenters. The molecule has 3 aliphatic rings. The van der Waals surface area contributed by atoms with Crippen LogP contribution in [-0.2, 0) is 0 Å². The molecule has 0 aromatic heterocycles. The molecular weight excluding hydrogens is 192 g/mol. The highest BCUT2D eigenvalue weighted by Gasteiger charge is 2.27. The molecule has 0 aliphatic heterocycles. The van der Waals surface area contributed by atoms with E-state index in [1.165, 1.54) is 57.8 Å². The van der Waals surface area contributed by atoms with E-state index < -0.39 is 0 Å². The smallest absolute Gasteiger partial charge is 0.00472 e. The summed E-state index contributed by atoms with van der Waals surface area (Å²) >= 11 is 0. The van der Waals surface area contributed by atoms with Gasteiger partial charge < -0.3 is 0 Å². The average Bonchev–Trinajstić information content (AvgIpc) is 3.03. The molecule has 87 valence electrons. The molecule has 0 aromatic carbocycles. The Morgan fingerprint density at radius 3 is 2.12 bits per heavy atom. The molecule has 3 aliphatic carbocycles. The van der Waals surface area contributed by atoms with Gasteiger partial charge in [0.15, 0.2) is 0 Å². The standard InChI is InChI=1S/C16H23/c1-2-7-13(6-1)15-10-5-11-16(12-15)14-8-3-4-9-14/h5,10,12-14H,1-4,6-9,11H2. The number of hydrogen-bond acceptors (Lipinski definition) is 0. The van der Waals surface area contributed by atoms with Crippen LogP contribution in [0.1, 0.15) is 57.8 Å². The summed E-state index contributed by atoms with van der Waals surface area (Å²) in [6, 6.07) is 0. The fraction of sp³-hybridized carbons (Fsp3) is 0.688. The van der Waals surface area contributed by atoms with Gasteiger partial charge in [0.2, 0.25) is 0 Å². The van der Waals surface area contributed by atoms with E-state index in [0.29, 0.717) is 0 Å². The van der Waals surface area contributed by atoms with Crippen LogP contribution in [0.3, 0.4) is 0 Å². The highest BCUT2D eigenvalue weighted by atomic mass is 14.3. The van der Waals surface area contributed by atoms with Crippen molar-refractivity contribution in [3.8, 4) is 0 Å². The summed E-state index contributed by atoms with van der Waals surface area (Å²) in [7, 11) is 0. The third-order valence-electron chi connectivity index (χ3n) is 4.72. The molecule has 0 spiro atoms. The van der Waals surface area contributed by atoms with Crippen LogP contribution in [0.2, 0.25) is 0 Å². The van der Waals surface area contributed by atoms with Crippen LogP contribution in [0.15, 0.2) is 23.8 Å². The summed E-state index contributed by atoms with van der Waals surface area (Å²) in [5, 5.41) is 0. The summed E-state index contributed by atoms with van der Waals surface area (Å²) < 4.78 is 0. The van der Waals surface area contributed by atoms with Gasteiger partial charge in [-0.15, -0.1) is 0 Å². The monoisotopic (exact) mass is 215 g/mol. The molecule has 16 heavy (non-hydrogen) atoms. The molecule has 0 nitrogen and oxygen atoms in total. The summed E-state index contributed by atoms with van der Waals surface area (Å²) in [5.41, 5.74) is 1.66. The minimum atomic E-state index is 0.896. The van der Waals surface area contributed by atoms with Crippen molar-refractivity contribution in [1.82, 2.24) is 0 Å². The van der Waals surface area contributed by atoms with Crippen molar-refractivity contribution < 1.29 is 0 Å². The predicted octanol–water partition coefficient (Wildman–Crippen LogP) is 4.83. The van der Waals surface area contributed by atoms with Crippen LogP contribution in [-0.4, -0.2) is 0 Å². The number of rotatable bonds is 2. The quantitative estimate of drug-likeness (QED) is 0.619. The van der Waals surface area contributed by atoms with Crippen molar-refractivity contribution in [3.05, 3.63) is 29.7 Å². The van der Waals surface area contributed by atoms with Crippen LogP contribution in [0.5, 0.6) is 0 Å². The van der Waals surface area contributed by atoms with Gasteiger partial charge in [0, 0.05) is 5.92 Å². The number of hydrogen-bond donors (Lipinski definition) is 0. The molecule has 2 fully saturated rings. The van der Waals surface area contributed by atoms with Crippen molar-refractivity contribution in [3.63, 3.8) is 0 Å². The molecule has 0 saturated heterocycles. The first kappa shape index (κ1) is 10.6. The van der Waals surface area contributed by atoms with Gasteiger partial charge in [0.25, 0.3) is 0 Å². The fourth-order valence-corrected chi connectivity index (χ4v) is 3.75. The normalized spacial score (nSPS) is 28.9. The molecule has 1 radical (unpaired) electrons. The van der Waals surface area contributed by atoms with E-state index in [2.05, 4.69) is 18.2 Å². The average molecular weight is 215 g/mol. The SMILES string of the molecule is C1=CC(C2CCCC2)=C[C](C2CCCC2)C1. The van der Waals surface area contributed by atoms with Gasteiger partial charge >= 0.3 is 0 Å². The Balaban J connectivity index is 1.69. The zero-order valence-electron chi connectivity index (χ0n) is 10.3. The van der Waals surface area contributed by atoms with Gasteiger partial charge in [0.1, 0.15) is 0 Å². The first-order valence-electron chi connectivity index (χ1n) is 7.17. The van der Waals surface area contributed by atoms with Gasteiger partial charge in [-0.1, -0.05) is 43.9 Å². The Bertz CT molecular complexity index is 285. The van der Waals surface area contributed by atoms with Crippen molar-refractivity contribution in [2.45, 2.75) is 57.8 Å². The van der Waals surface area contributed by atoms with E-state index in [4.69, 9.17) is 0 Å². The van der Waals surface area contributed by atoms with E-state index in [-0.39, 0.29) is 0 Å². The predicted molar refractivity (Wildman–Crippen MR) is 69.0 cm³/mol. The highest BCUT2D eigenvalue weighted by molar-refractivity contribution is 5.35. The Morgan fingerprint density at radius 2 is 1.44 bits per heavy atom. The summed E-state index contributed by atoms with van der Waals surface area (Å²) in [5.74, 6) is 3.58. The Hall–Kier alpha value is -0.520. The molecule has 3 rings (SSSR count). The Morgan fingerprint density at radius 1 is 0.812 bits per heavy atom. The lowest BCUT2D eigenvalue weighted by Crippen LogP contribution is -2.11. The molecule has 0 aromatic rings. The van der Waals surface area contributed by atoms with Crippen LogP contribution in [0.25, 0.3) is 0 Å². The second kappa shape index (κ2) is 4.77. The van der Waals surface area contributed by atoms with Crippen LogP contribution < -0.4 is 0 Å². The van der Waals surface area contributed by atoms with Crippen molar-refractivity contribution in [2.75, 3.05) is 0 Å². The summed E-state index contributed by atoms with van der Waals surface area (Å²) in [4.78, 5) is 0. The highest BCUT2D eigenvalue weighted by Crippen LogP contribution is 2.41.